The molecule has 45 heteroatoms. The average Bonchev–Trinajstić information content (AvgIpc) is 0.953. The smallest absolute Gasteiger partial charge is 0.394 e. The maximum Gasteiger partial charge on any atom is 0.469 e. The fraction of sp³-hybridized carbons (Fsp3) is 0.930. The SMILES string of the molecule is CC=NOCC(=O)NNC(=O)CCO[C@@H]1OC(CO[C@H]2OC(CO[C@H]3OC(CO)[C@@H](O)[C@H](O)C3O[C@H]3OC(COP(=O)(O)O)[C@@H](O)C(O)[C@H]3O)[C@@H](O)C(O)[C@H]2O)[C@@H](O)[C@H](O[C@H]2OC(CO)[C@@H](O)C(O)[C@H]2O[C@H]2OC(COP(=O)(O)O)[C@@H](O)C(O)[C@H]2O)C1O. The largest absolute Gasteiger partial charge is 0.469 e. The van der Waals surface area contributed by atoms with Gasteiger partial charge in [0, 0.05) is 6.21 Å². The van der Waals surface area contributed by atoms with Crippen LogP contribution in [0.1, 0.15) is 13.3 Å². The van der Waals surface area contributed by atoms with Gasteiger partial charge in [-0.05, 0) is 6.92 Å². The predicted octanol–water partition coefficient (Wildman–Crippen LogP) is -14.3. The molecule has 88 heavy (non-hydrogen) atoms. The van der Waals surface area contributed by atoms with Crippen LogP contribution in [0.2, 0.25) is 0 Å². The van der Waals surface area contributed by atoms with Gasteiger partial charge in [-0.25, -0.2) is 9.13 Å². The van der Waals surface area contributed by atoms with E-state index in [4.69, 9.17) is 66.6 Å². The average molecular weight is 1340 g/mol. The van der Waals surface area contributed by atoms with E-state index in [2.05, 4.69) is 19.0 Å². The number of phosphoric acid groups is 2. The van der Waals surface area contributed by atoms with E-state index in [0.29, 0.717) is 0 Å². The third-order valence-corrected chi connectivity index (χ3v) is 15.1. The quantitative estimate of drug-likeness (QED) is 0.0206. The van der Waals surface area contributed by atoms with Crippen LogP contribution < -0.4 is 10.9 Å². The van der Waals surface area contributed by atoms with E-state index in [1.54, 1.807) is 0 Å². The van der Waals surface area contributed by atoms with Crippen molar-refractivity contribution in [2.75, 3.05) is 52.9 Å². The number of aliphatic hydroxyl groups is 17. The van der Waals surface area contributed by atoms with E-state index in [0.717, 1.165) is 0 Å². The first-order chi connectivity index (χ1) is 41.3. The van der Waals surface area contributed by atoms with Crippen molar-refractivity contribution in [1.29, 1.82) is 0 Å². The lowest BCUT2D eigenvalue weighted by Crippen LogP contribution is -2.67. The molecule has 6 saturated heterocycles. The van der Waals surface area contributed by atoms with Crippen LogP contribution in [0.4, 0.5) is 0 Å². The van der Waals surface area contributed by atoms with Crippen LogP contribution in [0, 0.1) is 0 Å². The molecule has 2 amide bonds. The third-order valence-electron chi connectivity index (χ3n) is 14.2. The maximum absolute atomic E-state index is 12.6. The number of rotatable bonds is 27. The van der Waals surface area contributed by atoms with Gasteiger partial charge in [0.25, 0.3) is 5.91 Å². The molecule has 12 unspecified atom stereocenters. The summed E-state index contributed by atoms with van der Waals surface area (Å²) >= 11 is 0. The van der Waals surface area contributed by atoms with Crippen molar-refractivity contribution in [3.05, 3.63) is 0 Å². The van der Waals surface area contributed by atoms with Gasteiger partial charge in [-0.15, -0.1) is 0 Å². The summed E-state index contributed by atoms with van der Waals surface area (Å²) in [5.74, 6) is -1.76. The van der Waals surface area contributed by atoms with Crippen molar-refractivity contribution in [2.24, 2.45) is 5.16 Å². The summed E-state index contributed by atoms with van der Waals surface area (Å²) < 4.78 is 99.2. The molecule has 6 rings (SSSR count). The van der Waals surface area contributed by atoms with Gasteiger partial charge in [-0.3, -0.25) is 29.5 Å². The first-order valence-corrected chi connectivity index (χ1v) is 29.6. The van der Waals surface area contributed by atoms with Crippen LogP contribution in [-0.4, -0.2) is 362 Å². The standard InChI is InChI=1S/C43H75N3O40P2/c1-2-44-75-11-19(50)46-45-18(49)3-4-72-39-34(65)35(84-43-37(30(61)21(52)13(6-48)79-43)86-41-33(64)28(59)24(55)17(83-41)10-77-88(69,70)71)25(56)15(81-39)8-73-38-31(62)26(57)22(53)14(80-38)7-74-42-36(29(60)20(51)12(5-47)78-42)85-40-32(63)27(58)23(54)16(82-40)9-76-87(66,67)68/h2,12-17,20-43,47-48,51-65H,3-11H2,1H3,(H,45,49)(H,46,50)(H2,66,67,68)(H2,69,70,71)/t12?,13?,14?,15?,16?,17?,20-,21-,22-,23-,24-,25-,26?,27?,28?,29+,30?,31-,32-,33-,34?,35+,36?,37-,38+,39-,40-,41-,42+,43-/m1/s1. The summed E-state index contributed by atoms with van der Waals surface area (Å²) in [6, 6.07) is 0. The van der Waals surface area contributed by atoms with E-state index >= 15 is 0 Å². The van der Waals surface area contributed by atoms with Gasteiger partial charge in [0.2, 0.25) is 5.91 Å². The van der Waals surface area contributed by atoms with Gasteiger partial charge in [0.05, 0.1) is 52.7 Å². The molecule has 0 radical (unpaired) electrons. The number of carbonyl (C=O) groups is 2. The fourth-order valence-corrected chi connectivity index (χ4v) is 10.1. The van der Waals surface area contributed by atoms with E-state index < -0.39 is 271 Å². The fourth-order valence-electron chi connectivity index (χ4n) is 9.37. The zero-order valence-electron chi connectivity index (χ0n) is 45.8. The van der Waals surface area contributed by atoms with Gasteiger partial charge >= 0.3 is 15.6 Å². The Morgan fingerprint density at radius 2 is 0.784 bits per heavy atom. The number of carbonyl (C=O) groups excluding carboxylic acids is 2. The molecule has 0 aromatic heterocycles. The summed E-state index contributed by atoms with van der Waals surface area (Å²) in [7, 11) is -10.5. The number of nitrogens with one attached hydrogen (secondary N) is 2. The molecule has 0 saturated carbocycles. The molecule has 512 valence electrons. The highest BCUT2D eigenvalue weighted by molar-refractivity contribution is 7.46. The lowest BCUT2D eigenvalue weighted by molar-refractivity contribution is -0.391. The molecule has 6 aliphatic rings. The highest BCUT2D eigenvalue weighted by Gasteiger charge is 2.57. The van der Waals surface area contributed by atoms with E-state index in [9.17, 15) is 115 Å². The minimum atomic E-state index is -5.25. The van der Waals surface area contributed by atoms with E-state index in [1.807, 2.05) is 10.9 Å². The number of oxime groups is 1. The summed E-state index contributed by atoms with van der Waals surface area (Å²) in [5.41, 5.74) is 4.06. The number of hydrazine groups is 1. The van der Waals surface area contributed by atoms with Crippen molar-refractivity contribution in [2.45, 2.75) is 198 Å². The van der Waals surface area contributed by atoms with Crippen LogP contribution in [0.5, 0.6) is 0 Å². The molecule has 23 N–H and O–H groups in total. The van der Waals surface area contributed by atoms with Crippen molar-refractivity contribution in [3.63, 3.8) is 0 Å². The number of hydrogen-bond donors (Lipinski definition) is 23. The van der Waals surface area contributed by atoms with Crippen molar-refractivity contribution in [3.8, 4) is 0 Å². The normalized spacial score (nSPS) is 43.8. The van der Waals surface area contributed by atoms with Crippen LogP contribution in [0.15, 0.2) is 5.16 Å². The molecule has 0 bridgehead atoms. The molecule has 6 aliphatic heterocycles. The number of hydrogen-bond acceptors (Lipinski definition) is 37. The van der Waals surface area contributed by atoms with E-state index in [1.165, 1.54) is 13.1 Å². The molecule has 6 heterocycles. The highest BCUT2D eigenvalue weighted by Crippen LogP contribution is 2.40. The summed E-state index contributed by atoms with van der Waals surface area (Å²) in [5, 5.41) is 188. The van der Waals surface area contributed by atoms with Gasteiger partial charge in [-0.1, -0.05) is 5.16 Å². The highest BCUT2D eigenvalue weighted by atomic mass is 31.2. The molecule has 43 nitrogen and oxygen atoms in total. The zero-order chi connectivity index (χ0) is 65.3. The van der Waals surface area contributed by atoms with Crippen LogP contribution in [-0.2, 0) is 89.4 Å². The number of nitrogens with zero attached hydrogens (tertiary/aromatic N) is 1. The molecular formula is C43H75N3O40P2. The second kappa shape index (κ2) is 33.0. The Kier molecular flexibility index (Phi) is 28.0. The number of phosphoric ester groups is 2. The Hall–Kier alpha value is -2.53. The van der Waals surface area contributed by atoms with Gasteiger partial charge in [0.15, 0.2) is 44.3 Å². The molecule has 0 spiro atoms. The molecular weight excluding hydrogens is 1260 g/mol. The monoisotopic (exact) mass is 1340 g/mol. The van der Waals surface area contributed by atoms with Crippen molar-refractivity contribution in [1.82, 2.24) is 10.9 Å². The Bertz CT molecular complexity index is 2300. The second-order valence-corrected chi connectivity index (χ2v) is 22.9. The molecule has 0 aromatic rings. The summed E-state index contributed by atoms with van der Waals surface area (Å²) in [6.07, 6.45) is -61.9. The van der Waals surface area contributed by atoms with Gasteiger partial charge in [-0.2, -0.15) is 0 Å². The number of amides is 2. The first kappa shape index (κ1) is 74.5. The molecule has 6 fully saturated rings. The van der Waals surface area contributed by atoms with Gasteiger partial charge in [0.1, 0.15) is 146 Å². The zero-order valence-corrected chi connectivity index (χ0v) is 47.5. The number of ether oxygens (including phenoxy) is 12. The molecule has 30 atom stereocenters. The lowest BCUT2D eigenvalue weighted by atomic mass is 9.96. The third kappa shape index (κ3) is 19.3. The van der Waals surface area contributed by atoms with Gasteiger partial charge < -0.3 is 168 Å². The maximum atomic E-state index is 12.6. The van der Waals surface area contributed by atoms with Crippen LogP contribution in [0.3, 0.4) is 0 Å². The van der Waals surface area contributed by atoms with Crippen molar-refractivity contribution >= 4 is 33.7 Å². The first-order valence-electron chi connectivity index (χ1n) is 26.6. The Morgan fingerprint density at radius 1 is 0.420 bits per heavy atom. The molecule has 0 aromatic carbocycles. The predicted molar refractivity (Wildman–Crippen MR) is 266 cm³/mol. The lowest BCUT2D eigenvalue weighted by Gasteiger charge is -2.48. The number of aliphatic hydroxyl groups excluding tert-OH is 17. The minimum absolute atomic E-state index is 0.613. The Balaban J connectivity index is 1.20. The van der Waals surface area contributed by atoms with Crippen molar-refractivity contribution < 1.29 is 196 Å². The van der Waals surface area contributed by atoms with Crippen LogP contribution in [0.25, 0.3) is 0 Å². The molecule has 0 aliphatic carbocycles. The Morgan fingerprint density at radius 3 is 1.25 bits per heavy atom. The Labute approximate surface area is 495 Å². The van der Waals surface area contributed by atoms with Crippen LogP contribution >= 0.6 is 15.6 Å². The summed E-state index contributed by atoms with van der Waals surface area (Å²) in [4.78, 5) is 66.0. The second-order valence-electron chi connectivity index (χ2n) is 20.4. The summed E-state index contributed by atoms with van der Waals surface area (Å²) in [6.45, 7) is -6.11. The topological polar surface area (TPSA) is 668 Å². The minimum Gasteiger partial charge on any atom is -0.394 e. The van der Waals surface area contributed by atoms with E-state index in [-0.39, 0.29) is 0 Å².